The first-order valence-corrected chi connectivity index (χ1v) is 7.65. The highest BCUT2D eigenvalue weighted by Crippen LogP contribution is 2.35. The Kier molecular flexibility index (Phi) is 4.63. The van der Waals surface area contributed by atoms with Crippen LogP contribution in [-0.2, 0) is 0 Å². The van der Waals surface area contributed by atoms with Gasteiger partial charge in [0.25, 0.3) is 0 Å². The molecular weight excluding hydrogens is 248 g/mol. The van der Waals surface area contributed by atoms with Crippen molar-refractivity contribution in [3.05, 3.63) is 17.6 Å². The molecule has 1 aliphatic rings. The number of rotatable bonds is 4. The van der Waals surface area contributed by atoms with E-state index in [2.05, 4.69) is 41.2 Å². The van der Waals surface area contributed by atoms with E-state index in [-0.39, 0.29) is 5.54 Å². The van der Waals surface area contributed by atoms with Crippen LogP contribution in [-0.4, -0.2) is 41.0 Å². The van der Waals surface area contributed by atoms with Gasteiger partial charge in [0, 0.05) is 23.8 Å². The Morgan fingerprint density at radius 2 is 2.10 bits per heavy atom. The minimum Gasteiger partial charge on any atom is -0.368 e. The molecule has 0 spiro atoms. The van der Waals surface area contributed by atoms with Crippen molar-refractivity contribution in [3.63, 3.8) is 0 Å². The number of likely N-dealkylation sites (N-methyl/N-ethyl adjacent to an activating group) is 1. The second-order valence-corrected chi connectivity index (χ2v) is 6.62. The normalized spacial score (nSPS) is 26.8. The van der Waals surface area contributed by atoms with Gasteiger partial charge in [0.15, 0.2) is 0 Å². The van der Waals surface area contributed by atoms with Crippen molar-refractivity contribution >= 4 is 5.82 Å². The van der Waals surface area contributed by atoms with Crippen molar-refractivity contribution < 1.29 is 0 Å². The van der Waals surface area contributed by atoms with Crippen LogP contribution in [0.1, 0.15) is 44.1 Å². The predicted molar refractivity (Wildman–Crippen MR) is 84.0 cm³/mol. The maximum atomic E-state index is 4.49. The second-order valence-electron chi connectivity index (χ2n) is 6.62. The monoisotopic (exact) mass is 276 g/mol. The summed E-state index contributed by atoms with van der Waals surface area (Å²) in [7, 11) is 4.41. The van der Waals surface area contributed by atoms with Crippen molar-refractivity contribution in [1.29, 1.82) is 0 Å². The molecule has 112 valence electrons. The molecule has 1 aromatic rings. The van der Waals surface area contributed by atoms with Crippen LogP contribution in [0.3, 0.4) is 0 Å². The summed E-state index contributed by atoms with van der Waals surface area (Å²) >= 11 is 0. The molecule has 1 saturated carbocycles. The summed E-state index contributed by atoms with van der Waals surface area (Å²) < 4.78 is 0. The Morgan fingerprint density at radius 3 is 2.70 bits per heavy atom. The first-order valence-electron chi connectivity index (χ1n) is 7.65. The van der Waals surface area contributed by atoms with Crippen LogP contribution in [0.25, 0.3) is 0 Å². The molecule has 2 atom stereocenters. The van der Waals surface area contributed by atoms with Crippen molar-refractivity contribution in [1.82, 2.24) is 14.9 Å². The number of anilines is 1. The highest BCUT2D eigenvalue weighted by Gasteiger charge is 2.36. The molecule has 1 fully saturated rings. The topological polar surface area (TPSA) is 41.0 Å². The van der Waals surface area contributed by atoms with Crippen LogP contribution in [0.4, 0.5) is 5.82 Å². The molecular formula is C16H28N4. The summed E-state index contributed by atoms with van der Waals surface area (Å²) in [5, 5.41) is 3.55. The van der Waals surface area contributed by atoms with Gasteiger partial charge in [-0.3, -0.25) is 0 Å². The molecule has 0 aliphatic heterocycles. The Balaban J connectivity index is 2.09. The lowest BCUT2D eigenvalue weighted by Gasteiger charge is -2.45. The lowest BCUT2D eigenvalue weighted by Crippen LogP contribution is -2.52. The van der Waals surface area contributed by atoms with Crippen molar-refractivity contribution in [3.8, 4) is 0 Å². The fourth-order valence-corrected chi connectivity index (χ4v) is 3.42. The van der Waals surface area contributed by atoms with Gasteiger partial charge >= 0.3 is 0 Å². The number of hydrogen-bond acceptors (Lipinski definition) is 4. The van der Waals surface area contributed by atoms with E-state index in [0.717, 1.165) is 29.8 Å². The molecule has 1 aromatic heterocycles. The van der Waals surface area contributed by atoms with Crippen LogP contribution in [0.2, 0.25) is 0 Å². The summed E-state index contributed by atoms with van der Waals surface area (Å²) in [5.74, 6) is 2.60. The van der Waals surface area contributed by atoms with Gasteiger partial charge in [0.2, 0.25) is 0 Å². The summed E-state index contributed by atoms with van der Waals surface area (Å²) in [6, 6.07) is 2.03. The van der Waals surface area contributed by atoms with Gasteiger partial charge in [-0.2, -0.15) is 0 Å². The van der Waals surface area contributed by atoms with Crippen molar-refractivity contribution in [2.45, 2.75) is 52.0 Å². The Morgan fingerprint density at radius 1 is 1.35 bits per heavy atom. The minimum atomic E-state index is 0.254. The number of nitrogens with one attached hydrogen (secondary N) is 1. The zero-order chi connectivity index (χ0) is 14.8. The average molecular weight is 276 g/mol. The molecule has 0 aromatic carbocycles. The Hall–Kier alpha value is -1.16. The largest absolute Gasteiger partial charge is 0.368 e. The first kappa shape index (κ1) is 15.2. The molecule has 0 saturated heterocycles. The van der Waals surface area contributed by atoms with Gasteiger partial charge in [0.1, 0.15) is 11.6 Å². The number of nitrogens with zero attached hydrogens (tertiary/aromatic N) is 3. The maximum Gasteiger partial charge on any atom is 0.129 e. The number of aryl methyl sites for hydroxylation is 2. The molecule has 2 rings (SSSR count). The fraction of sp³-hybridized carbons (Fsp3) is 0.750. The number of hydrogen-bond donors (Lipinski definition) is 1. The fourth-order valence-electron chi connectivity index (χ4n) is 3.42. The molecule has 0 amide bonds. The van der Waals surface area contributed by atoms with Crippen LogP contribution in [0.15, 0.2) is 6.07 Å². The molecule has 20 heavy (non-hydrogen) atoms. The number of aromatic nitrogens is 2. The van der Waals surface area contributed by atoms with Gasteiger partial charge in [-0.15, -0.1) is 0 Å². The molecule has 1 heterocycles. The SMILES string of the molecule is Cc1cc(NCC2(N(C)C)CCCC(C)C2)nc(C)n1. The van der Waals surface area contributed by atoms with E-state index in [4.69, 9.17) is 0 Å². The zero-order valence-electron chi connectivity index (χ0n) is 13.5. The standard InChI is InChI=1S/C16H28N4/c1-12-7-6-8-16(10-12,20(4)5)11-17-15-9-13(2)18-14(3)19-15/h9,12H,6-8,10-11H2,1-5H3,(H,17,18,19). The van der Waals surface area contributed by atoms with Gasteiger partial charge in [-0.05, 0) is 46.7 Å². The van der Waals surface area contributed by atoms with Crippen molar-refractivity contribution in [2.75, 3.05) is 26.0 Å². The van der Waals surface area contributed by atoms with E-state index in [1.807, 2.05) is 19.9 Å². The van der Waals surface area contributed by atoms with Crippen LogP contribution < -0.4 is 5.32 Å². The van der Waals surface area contributed by atoms with E-state index in [1.165, 1.54) is 25.7 Å². The molecule has 4 nitrogen and oxygen atoms in total. The van der Waals surface area contributed by atoms with Crippen LogP contribution in [0.5, 0.6) is 0 Å². The van der Waals surface area contributed by atoms with E-state index < -0.39 is 0 Å². The van der Waals surface area contributed by atoms with Gasteiger partial charge in [-0.1, -0.05) is 19.8 Å². The Labute approximate surface area is 123 Å². The molecule has 1 aliphatic carbocycles. The van der Waals surface area contributed by atoms with Crippen LogP contribution in [0, 0.1) is 19.8 Å². The minimum absolute atomic E-state index is 0.254. The summed E-state index contributed by atoms with van der Waals surface area (Å²) in [4.78, 5) is 11.2. The summed E-state index contributed by atoms with van der Waals surface area (Å²) in [6.07, 6.45) is 5.21. The molecule has 0 bridgehead atoms. The molecule has 1 N–H and O–H groups in total. The first-order chi connectivity index (χ1) is 9.41. The lowest BCUT2D eigenvalue weighted by molar-refractivity contribution is 0.0881. The van der Waals surface area contributed by atoms with Crippen LogP contribution >= 0.6 is 0 Å². The predicted octanol–water partition coefficient (Wildman–Crippen LogP) is 3.02. The van der Waals surface area contributed by atoms with Gasteiger partial charge in [-0.25, -0.2) is 9.97 Å². The van der Waals surface area contributed by atoms with Crippen molar-refractivity contribution in [2.24, 2.45) is 5.92 Å². The summed E-state index contributed by atoms with van der Waals surface area (Å²) in [5.41, 5.74) is 1.28. The second kappa shape index (κ2) is 6.08. The highest BCUT2D eigenvalue weighted by molar-refractivity contribution is 5.36. The van der Waals surface area contributed by atoms with E-state index >= 15 is 0 Å². The molecule has 4 heteroatoms. The molecule has 0 radical (unpaired) electrons. The van der Waals surface area contributed by atoms with Gasteiger partial charge < -0.3 is 10.2 Å². The lowest BCUT2D eigenvalue weighted by atomic mass is 9.75. The van der Waals surface area contributed by atoms with E-state index in [0.29, 0.717) is 0 Å². The van der Waals surface area contributed by atoms with E-state index in [9.17, 15) is 0 Å². The maximum absolute atomic E-state index is 4.49. The summed E-state index contributed by atoms with van der Waals surface area (Å²) in [6.45, 7) is 7.30. The molecule has 2 unspecified atom stereocenters. The zero-order valence-corrected chi connectivity index (χ0v) is 13.5. The third-order valence-electron chi connectivity index (χ3n) is 4.58. The third kappa shape index (κ3) is 3.48. The smallest absolute Gasteiger partial charge is 0.129 e. The Bertz CT molecular complexity index is 438. The van der Waals surface area contributed by atoms with E-state index in [1.54, 1.807) is 0 Å². The quantitative estimate of drug-likeness (QED) is 0.918. The average Bonchev–Trinajstić information content (AvgIpc) is 2.35. The third-order valence-corrected chi connectivity index (χ3v) is 4.58. The highest BCUT2D eigenvalue weighted by atomic mass is 15.2. The van der Waals surface area contributed by atoms with Gasteiger partial charge in [0.05, 0.1) is 0 Å².